The molecule has 0 atom stereocenters. The minimum absolute atomic E-state index is 0.385. The second-order valence-electron chi connectivity index (χ2n) is 4.39. The van der Waals surface area contributed by atoms with Crippen molar-refractivity contribution in [3.63, 3.8) is 0 Å². The van der Waals surface area contributed by atoms with Crippen LogP contribution in [0.3, 0.4) is 0 Å². The molecule has 0 unspecified atom stereocenters. The molecule has 0 saturated heterocycles. The van der Waals surface area contributed by atoms with Crippen LogP contribution in [0, 0.1) is 11.8 Å². The number of Topliss-reactive ketones (excluding diaryl/α,β-unsaturated/α-hetero) is 1. The molecule has 1 nitrogen and oxygen atoms in total. The van der Waals surface area contributed by atoms with Crippen molar-refractivity contribution < 1.29 is 4.79 Å². The van der Waals surface area contributed by atoms with Crippen LogP contribution < -0.4 is 0 Å². The SMILES string of the molecule is CCCC(CCC)C(=O)CC1CC1. The summed E-state index contributed by atoms with van der Waals surface area (Å²) in [5.41, 5.74) is 0. The number of hydrogen-bond donors (Lipinski definition) is 0. The average Bonchev–Trinajstić information content (AvgIpc) is 2.88. The Labute approximate surface area is 81.9 Å². The van der Waals surface area contributed by atoms with E-state index in [1.165, 1.54) is 12.8 Å². The largest absolute Gasteiger partial charge is 0.299 e. The van der Waals surface area contributed by atoms with Crippen molar-refractivity contribution in [3.05, 3.63) is 0 Å². The zero-order valence-electron chi connectivity index (χ0n) is 9.01. The molecule has 0 radical (unpaired) electrons. The number of hydrogen-bond acceptors (Lipinski definition) is 1. The molecule has 0 amide bonds. The van der Waals surface area contributed by atoms with Gasteiger partial charge in [-0.05, 0) is 31.6 Å². The summed E-state index contributed by atoms with van der Waals surface area (Å²) < 4.78 is 0. The first-order valence-corrected chi connectivity index (χ1v) is 5.80. The van der Waals surface area contributed by atoms with Crippen LogP contribution in [0.2, 0.25) is 0 Å². The lowest BCUT2D eigenvalue weighted by molar-refractivity contribution is -0.123. The first kappa shape index (κ1) is 10.7. The molecular weight excluding hydrogens is 160 g/mol. The van der Waals surface area contributed by atoms with Gasteiger partial charge in [-0.1, -0.05) is 26.7 Å². The summed E-state index contributed by atoms with van der Waals surface area (Å²) in [7, 11) is 0. The second-order valence-corrected chi connectivity index (χ2v) is 4.39. The van der Waals surface area contributed by atoms with Gasteiger partial charge in [-0.15, -0.1) is 0 Å². The molecule has 0 heterocycles. The van der Waals surface area contributed by atoms with Crippen LogP contribution >= 0.6 is 0 Å². The average molecular weight is 182 g/mol. The molecule has 0 spiro atoms. The number of carbonyl (C=O) groups is 1. The van der Waals surface area contributed by atoms with E-state index in [0.717, 1.165) is 38.0 Å². The molecule has 1 aliphatic rings. The van der Waals surface area contributed by atoms with Crippen molar-refractivity contribution in [1.82, 2.24) is 0 Å². The van der Waals surface area contributed by atoms with Gasteiger partial charge in [0.15, 0.2) is 0 Å². The summed E-state index contributed by atoms with van der Waals surface area (Å²) in [5, 5.41) is 0. The van der Waals surface area contributed by atoms with Gasteiger partial charge in [0.2, 0.25) is 0 Å². The molecule has 1 fully saturated rings. The van der Waals surface area contributed by atoms with E-state index < -0.39 is 0 Å². The fourth-order valence-corrected chi connectivity index (χ4v) is 1.94. The van der Waals surface area contributed by atoms with E-state index in [1.807, 2.05) is 0 Å². The molecule has 0 aromatic carbocycles. The lowest BCUT2D eigenvalue weighted by Gasteiger charge is -2.13. The molecular formula is C12H22O. The lowest BCUT2D eigenvalue weighted by atomic mass is 9.91. The van der Waals surface area contributed by atoms with Crippen LogP contribution in [0.5, 0.6) is 0 Å². The Morgan fingerprint density at radius 3 is 2.15 bits per heavy atom. The molecule has 0 aromatic heterocycles. The smallest absolute Gasteiger partial charge is 0.136 e. The third-order valence-corrected chi connectivity index (χ3v) is 2.92. The highest BCUT2D eigenvalue weighted by molar-refractivity contribution is 5.81. The van der Waals surface area contributed by atoms with Gasteiger partial charge >= 0.3 is 0 Å². The van der Waals surface area contributed by atoms with E-state index in [0.29, 0.717) is 11.7 Å². The Morgan fingerprint density at radius 1 is 1.23 bits per heavy atom. The summed E-state index contributed by atoms with van der Waals surface area (Å²) >= 11 is 0. The van der Waals surface area contributed by atoms with E-state index in [4.69, 9.17) is 0 Å². The molecule has 13 heavy (non-hydrogen) atoms. The maximum absolute atomic E-state index is 11.8. The Hall–Kier alpha value is -0.330. The third-order valence-electron chi connectivity index (χ3n) is 2.92. The fourth-order valence-electron chi connectivity index (χ4n) is 1.94. The molecule has 0 aromatic rings. The van der Waals surface area contributed by atoms with Crippen molar-refractivity contribution >= 4 is 5.78 Å². The monoisotopic (exact) mass is 182 g/mol. The normalized spacial score (nSPS) is 16.5. The molecule has 1 heteroatoms. The Bertz CT molecular complexity index is 153. The zero-order chi connectivity index (χ0) is 9.68. The van der Waals surface area contributed by atoms with Gasteiger partial charge in [-0.2, -0.15) is 0 Å². The summed E-state index contributed by atoms with van der Waals surface area (Å²) in [6.07, 6.45) is 8.01. The van der Waals surface area contributed by atoms with Gasteiger partial charge in [0.1, 0.15) is 5.78 Å². The second kappa shape index (κ2) is 5.41. The third kappa shape index (κ3) is 3.93. The molecule has 0 aliphatic heterocycles. The molecule has 1 saturated carbocycles. The van der Waals surface area contributed by atoms with Crippen LogP contribution in [-0.4, -0.2) is 5.78 Å². The Morgan fingerprint density at radius 2 is 1.77 bits per heavy atom. The van der Waals surface area contributed by atoms with Gasteiger partial charge in [0, 0.05) is 12.3 Å². The fraction of sp³-hybridized carbons (Fsp3) is 0.917. The first-order chi connectivity index (χ1) is 6.27. The first-order valence-electron chi connectivity index (χ1n) is 5.80. The lowest BCUT2D eigenvalue weighted by Crippen LogP contribution is -2.14. The maximum atomic E-state index is 11.8. The number of carbonyl (C=O) groups excluding carboxylic acids is 1. The Kier molecular flexibility index (Phi) is 4.47. The molecule has 1 aliphatic carbocycles. The van der Waals surface area contributed by atoms with Crippen molar-refractivity contribution in [1.29, 1.82) is 0 Å². The number of ketones is 1. The molecule has 1 rings (SSSR count). The molecule has 0 bridgehead atoms. The summed E-state index contributed by atoms with van der Waals surface area (Å²) in [5.74, 6) is 1.70. The van der Waals surface area contributed by atoms with Crippen LogP contribution in [0.15, 0.2) is 0 Å². The van der Waals surface area contributed by atoms with Crippen molar-refractivity contribution in [2.75, 3.05) is 0 Å². The maximum Gasteiger partial charge on any atom is 0.136 e. The van der Waals surface area contributed by atoms with Gasteiger partial charge in [0.25, 0.3) is 0 Å². The topological polar surface area (TPSA) is 17.1 Å². The van der Waals surface area contributed by atoms with Crippen molar-refractivity contribution in [2.45, 2.75) is 58.8 Å². The quantitative estimate of drug-likeness (QED) is 0.588. The van der Waals surface area contributed by atoms with Crippen molar-refractivity contribution in [3.8, 4) is 0 Å². The van der Waals surface area contributed by atoms with E-state index >= 15 is 0 Å². The highest BCUT2D eigenvalue weighted by Gasteiger charge is 2.27. The zero-order valence-corrected chi connectivity index (χ0v) is 9.01. The van der Waals surface area contributed by atoms with Crippen LogP contribution in [0.25, 0.3) is 0 Å². The van der Waals surface area contributed by atoms with Gasteiger partial charge in [0.05, 0.1) is 0 Å². The van der Waals surface area contributed by atoms with Gasteiger partial charge < -0.3 is 0 Å². The van der Waals surface area contributed by atoms with Gasteiger partial charge in [-0.3, -0.25) is 4.79 Å². The van der Waals surface area contributed by atoms with E-state index in [1.54, 1.807) is 0 Å². The summed E-state index contributed by atoms with van der Waals surface area (Å²) in [6.45, 7) is 4.35. The molecule has 76 valence electrons. The minimum atomic E-state index is 0.385. The highest BCUT2D eigenvalue weighted by atomic mass is 16.1. The summed E-state index contributed by atoms with van der Waals surface area (Å²) in [6, 6.07) is 0. The van der Waals surface area contributed by atoms with E-state index in [9.17, 15) is 4.79 Å². The van der Waals surface area contributed by atoms with Crippen LogP contribution in [0.4, 0.5) is 0 Å². The van der Waals surface area contributed by atoms with E-state index in [-0.39, 0.29) is 0 Å². The Balaban J connectivity index is 2.27. The van der Waals surface area contributed by atoms with Crippen LogP contribution in [0.1, 0.15) is 58.8 Å². The van der Waals surface area contributed by atoms with Crippen molar-refractivity contribution in [2.24, 2.45) is 11.8 Å². The predicted molar refractivity (Wildman–Crippen MR) is 55.7 cm³/mol. The predicted octanol–water partition coefficient (Wildman–Crippen LogP) is 3.57. The van der Waals surface area contributed by atoms with Gasteiger partial charge in [-0.25, -0.2) is 0 Å². The number of rotatable bonds is 7. The standard InChI is InChI=1S/C12H22O/c1-3-5-11(6-4-2)12(13)9-10-7-8-10/h10-11H,3-9H2,1-2H3. The molecule has 0 N–H and O–H groups in total. The summed E-state index contributed by atoms with van der Waals surface area (Å²) in [4.78, 5) is 11.8. The van der Waals surface area contributed by atoms with Crippen LogP contribution in [-0.2, 0) is 4.79 Å². The minimum Gasteiger partial charge on any atom is -0.299 e. The highest BCUT2D eigenvalue weighted by Crippen LogP contribution is 2.34. The van der Waals surface area contributed by atoms with E-state index in [2.05, 4.69) is 13.8 Å².